The summed E-state index contributed by atoms with van der Waals surface area (Å²) >= 11 is 0. The van der Waals surface area contributed by atoms with Crippen LogP contribution in [0.25, 0.3) is 0 Å². The number of nitro benzene ring substituents is 1. The Kier molecular flexibility index (Phi) is 4.74. The molecule has 0 atom stereocenters. The van der Waals surface area contributed by atoms with Gasteiger partial charge >= 0.3 is 0 Å². The van der Waals surface area contributed by atoms with Gasteiger partial charge in [0, 0.05) is 23.2 Å². The smallest absolute Gasteiger partial charge is 0.269 e. The number of benzene rings is 1. The van der Waals surface area contributed by atoms with Gasteiger partial charge in [0.2, 0.25) is 0 Å². The van der Waals surface area contributed by atoms with Crippen molar-refractivity contribution < 1.29 is 14.8 Å². The highest BCUT2D eigenvalue weighted by atomic mass is 16.6. The van der Waals surface area contributed by atoms with Crippen molar-refractivity contribution >= 4 is 11.5 Å². The van der Waals surface area contributed by atoms with Crippen LogP contribution < -0.4 is 0 Å². The topological polar surface area (TPSA) is 83.7 Å². The van der Waals surface area contributed by atoms with E-state index >= 15 is 0 Å². The highest BCUT2D eigenvalue weighted by Crippen LogP contribution is 2.15. The third-order valence-electron chi connectivity index (χ3n) is 3.20. The highest BCUT2D eigenvalue weighted by molar-refractivity contribution is 5.97. The first-order chi connectivity index (χ1) is 8.77. The molecule has 1 rings (SSSR count). The Balaban J connectivity index is 2.76. The maximum absolute atomic E-state index is 12.0. The molecule has 104 valence electrons. The molecule has 0 amide bonds. The second-order valence-corrected chi connectivity index (χ2v) is 5.05. The van der Waals surface area contributed by atoms with Crippen molar-refractivity contribution in [2.45, 2.75) is 19.4 Å². The predicted octanol–water partition coefficient (Wildman–Crippen LogP) is 1.48. The number of likely N-dealkylation sites (N-methyl/N-ethyl adjacent to an activating group) is 1. The molecule has 1 N–H and O–H groups in total. The summed E-state index contributed by atoms with van der Waals surface area (Å²) in [6, 6.07) is 5.51. The van der Waals surface area contributed by atoms with Gasteiger partial charge in [-0.1, -0.05) is 0 Å². The third kappa shape index (κ3) is 3.84. The SMILES string of the molecule is CN(CC(=O)c1ccc([N+](=O)[O-])cc1)C(C)(C)CO. The fourth-order valence-electron chi connectivity index (χ4n) is 1.41. The molecule has 0 radical (unpaired) electrons. The lowest BCUT2D eigenvalue weighted by molar-refractivity contribution is -0.384. The number of nitrogens with zero attached hydrogens (tertiary/aromatic N) is 2. The van der Waals surface area contributed by atoms with Crippen LogP contribution >= 0.6 is 0 Å². The molecule has 0 heterocycles. The fourth-order valence-corrected chi connectivity index (χ4v) is 1.41. The first kappa shape index (κ1) is 15.3. The van der Waals surface area contributed by atoms with E-state index in [4.69, 9.17) is 0 Å². The number of non-ortho nitro benzene ring substituents is 1. The first-order valence-corrected chi connectivity index (χ1v) is 5.87. The van der Waals surface area contributed by atoms with Crippen LogP contribution in [0.15, 0.2) is 24.3 Å². The summed E-state index contributed by atoms with van der Waals surface area (Å²) in [6.07, 6.45) is 0. The molecule has 0 saturated heterocycles. The monoisotopic (exact) mass is 266 g/mol. The second-order valence-electron chi connectivity index (χ2n) is 5.05. The van der Waals surface area contributed by atoms with E-state index in [9.17, 15) is 20.0 Å². The molecular weight excluding hydrogens is 248 g/mol. The molecule has 0 fully saturated rings. The van der Waals surface area contributed by atoms with Crippen molar-refractivity contribution in [2.75, 3.05) is 20.2 Å². The van der Waals surface area contributed by atoms with Gasteiger partial charge in [-0.15, -0.1) is 0 Å². The van der Waals surface area contributed by atoms with Crippen LogP contribution in [0, 0.1) is 10.1 Å². The summed E-state index contributed by atoms with van der Waals surface area (Å²) in [5.74, 6) is -0.140. The number of aliphatic hydroxyl groups is 1. The number of carbonyl (C=O) groups is 1. The van der Waals surface area contributed by atoms with E-state index in [0.717, 1.165) is 0 Å². The lowest BCUT2D eigenvalue weighted by Gasteiger charge is -2.33. The number of nitro groups is 1. The summed E-state index contributed by atoms with van der Waals surface area (Å²) in [7, 11) is 1.75. The molecule has 1 aromatic rings. The number of carbonyl (C=O) groups excluding carboxylic acids is 1. The van der Waals surface area contributed by atoms with Crippen LogP contribution in [0.3, 0.4) is 0 Å². The first-order valence-electron chi connectivity index (χ1n) is 5.87. The number of hydrogen-bond donors (Lipinski definition) is 1. The molecule has 0 aromatic heterocycles. The van der Waals surface area contributed by atoms with Crippen LogP contribution in [0.1, 0.15) is 24.2 Å². The number of aliphatic hydroxyl groups excluding tert-OH is 1. The van der Waals surface area contributed by atoms with E-state index in [2.05, 4.69) is 0 Å². The van der Waals surface area contributed by atoms with Crippen molar-refractivity contribution in [3.8, 4) is 0 Å². The molecule has 6 nitrogen and oxygen atoms in total. The van der Waals surface area contributed by atoms with Crippen LogP contribution in [0.5, 0.6) is 0 Å². The largest absolute Gasteiger partial charge is 0.394 e. The Morgan fingerprint density at radius 1 is 1.37 bits per heavy atom. The van der Waals surface area contributed by atoms with Gasteiger partial charge < -0.3 is 5.11 Å². The Morgan fingerprint density at radius 3 is 2.32 bits per heavy atom. The van der Waals surface area contributed by atoms with Crippen LogP contribution in [-0.4, -0.2) is 46.5 Å². The highest BCUT2D eigenvalue weighted by Gasteiger charge is 2.24. The van der Waals surface area contributed by atoms with Crippen molar-refractivity contribution in [1.29, 1.82) is 0 Å². The van der Waals surface area contributed by atoms with E-state index in [-0.39, 0.29) is 24.6 Å². The molecule has 1 aromatic carbocycles. The van der Waals surface area contributed by atoms with Gasteiger partial charge in [0.1, 0.15) is 0 Å². The maximum Gasteiger partial charge on any atom is 0.269 e. The lowest BCUT2D eigenvalue weighted by atomic mass is 10.0. The minimum atomic E-state index is -0.505. The molecule has 0 aliphatic rings. The zero-order valence-corrected chi connectivity index (χ0v) is 11.3. The van der Waals surface area contributed by atoms with Gasteiger partial charge in [0.15, 0.2) is 5.78 Å². The van der Waals surface area contributed by atoms with Gasteiger partial charge in [0.05, 0.1) is 18.1 Å². The van der Waals surface area contributed by atoms with Crippen molar-refractivity contribution in [3.63, 3.8) is 0 Å². The summed E-state index contributed by atoms with van der Waals surface area (Å²) in [6.45, 7) is 3.74. The second kappa shape index (κ2) is 5.90. The molecular formula is C13H18N2O4. The summed E-state index contributed by atoms with van der Waals surface area (Å²) in [4.78, 5) is 23.8. The number of rotatable bonds is 6. The molecule has 0 saturated carbocycles. The summed E-state index contributed by atoms with van der Waals surface area (Å²) in [5.41, 5.74) is -0.108. The van der Waals surface area contributed by atoms with Crippen LogP contribution in [0.4, 0.5) is 5.69 Å². The molecule has 0 spiro atoms. The number of hydrogen-bond acceptors (Lipinski definition) is 5. The molecule has 19 heavy (non-hydrogen) atoms. The van der Waals surface area contributed by atoms with Crippen molar-refractivity contribution in [2.24, 2.45) is 0 Å². The van der Waals surface area contributed by atoms with Crippen LogP contribution in [-0.2, 0) is 0 Å². The van der Waals surface area contributed by atoms with E-state index in [1.54, 1.807) is 11.9 Å². The van der Waals surface area contributed by atoms with Gasteiger partial charge in [-0.25, -0.2) is 0 Å². The average molecular weight is 266 g/mol. The van der Waals surface area contributed by atoms with Crippen molar-refractivity contribution in [1.82, 2.24) is 4.90 Å². The summed E-state index contributed by atoms with van der Waals surface area (Å²) < 4.78 is 0. The van der Waals surface area contributed by atoms with Gasteiger partial charge in [-0.05, 0) is 33.0 Å². The zero-order chi connectivity index (χ0) is 14.6. The Bertz CT molecular complexity index is 468. The Hall–Kier alpha value is -1.79. The molecule has 0 aliphatic heterocycles. The quantitative estimate of drug-likeness (QED) is 0.479. The summed E-state index contributed by atoms with van der Waals surface area (Å²) in [5, 5.41) is 19.7. The maximum atomic E-state index is 12.0. The molecule has 6 heteroatoms. The van der Waals surface area contributed by atoms with Crippen molar-refractivity contribution in [3.05, 3.63) is 39.9 Å². The van der Waals surface area contributed by atoms with E-state index < -0.39 is 10.5 Å². The van der Waals surface area contributed by atoms with Crippen LogP contribution in [0.2, 0.25) is 0 Å². The normalized spacial score (nSPS) is 11.6. The standard InChI is InChI=1S/C13H18N2O4/c1-13(2,9-16)14(3)8-12(17)10-4-6-11(7-5-10)15(18)19/h4-7,16H,8-9H2,1-3H3. The third-order valence-corrected chi connectivity index (χ3v) is 3.20. The lowest BCUT2D eigenvalue weighted by Crippen LogP contribution is -2.46. The van der Waals surface area contributed by atoms with Gasteiger partial charge in [-0.3, -0.25) is 19.8 Å². The zero-order valence-electron chi connectivity index (χ0n) is 11.3. The molecule has 0 unspecified atom stereocenters. The molecule has 0 aliphatic carbocycles. The molecule has 0 bridgehead atoms. The minimum absolute atomic E-state index is 0.0411. The predicted molar refractivity (Wildman–Crippen MR) is 71.2 cm³/mol. The number of Topliss-reactive ketones (excluding diaryl/α,β-unsaturated/α-hetero) is 1. The van der Waals surface area contributed by atoms with Gasteiger partial charge in [-0.2, -0.15) is 0 Å². The Morgan fingerprint density at radius 2 is 1.89 bits per heavy atom. The fraction of sp³-hybridized carbons (Fsp3) is 0.462. The Labute approximate surface area is 111 Å². The van der Waals surface area contributed by atoms with Gasteiger partial charge in [0.25, 0.3) is 5.69 Å². The van der Waals surface area contributed by atoms with E-state index in [1.165, 1.54) is 24.3 Å². The average Bonchev–Trinajstić information content (AvgIpc) is 2.38. The van der Waals surface area contributed by atoms with E-state index in [0.29, 0.717) is 5.56 Å². The minimum Gasteiger partial charge on any atom is -0.394 e. The number of ketones is 1. The van der Waals surface area contributed by atoms with E-state index in [1.807, 2.05) is 13.8 Å².